The molecule has 0 radical (unpaired) electrons. The molecule has 0 aliphatic carbocycles. The monoisotopic (exact) mass is 480 g/mol. The molecule has 34 heavy (non-hydrogen) atoms. The number of halogens is 4. The van der Waals surface area contributed by atoms with Gasteiger partial charge in [0.1, 0.15) is 25.6 Å². The Morgan fingerprint density at radius 3 is 2.24 bits per heavy atom. The number of alkyl halides is 3. The van der Waals surface area contributed by atoms with Crippen LogP contribution in [0.5, 0.6) is 0 Å². The van der Waals surface area contributed by atoms with E-state index in [0.29, 0.717) is 5.69 Å². The van der Waals surface area contributed by atoms with Crippen molar-refractivity contribution in [2.45, 2.75) is 20.0 Å². The second kappa shape index (κ2) is 10.1. The molecule has 0 atom stereocenters. The van der Waals surface area contributed by atoms with Gasteiger partial charge in [0.25, 0.3) is 0 Å². The lowest BCUT2D eigenvalue weighted by Crippen LogP contribution is -2.45. The normalized spacial score (nSPS) is 14.0. The molecule has 0 aromatic heterocycles. The summed E-state index contributed by atoms with van der Waals surface area (Å²) in [6.07, 6.45) is -4.49. The molecule has 3 rings (SSSR count). The van der Waals surface area contributed by atoms with Crippen molar-refractivity contribution in [2.24, 2.45) is 5.92 Å². The van der Waals surface area contributed by atoms with Gasteiger partial charge in [0, 0.05) is 17.9 Å². The van der Waals surface area contributed by atoms with E-state index >= 15 is 0 Å². The average Bonchev–Trinajstić information content (AvgIpc) is 3.15. The summed E-state index contributed by atoms with van der Waals surface area (Å²) >= 11 is 0. The number of nitrogens with zero attached hydrogens (tertiary/aromatic N) is 3. The predicted octanol–water partition coefficient (Wildman–Crippen LogP) is 4.17. The van der Waals surface area contributed by atoms with Gasteiger partial charge < -0.3 is 15.1 Å². The van der Waals surface area contributed by atoms with Crippen LogP contribution in [0, 0.1) is 11.7 Å². The van der Waals surface area contributed by atoms with Crippen LogP contribution >= 0.6 is 0 Å². The minimum atomic E-state index is -4.49. The fourth-order valence-electron chi connectivity index (χ4n) is 3.43. The molecule has 1 N–H and O–H groups in total. The Morgan fingerprint density at radius 1 is 1.06 bits per heavy atom. The van der Waals surface area contributed by atoms with Crippen molar-refractivity contribution in [1.29, 1.82) is 0 Å². The van der Waals surface area contributed by atoms with Crippen molar-refractivity contribution in [1.82, 2.24) is 9.80 Å². The zero-order valence-corrected chi connectivity index (χ0v) is 18.6. The van der Waals surface area contributed by atoms with E-state index in [-0.39, 0.29) is 43.8 Å². The first kappa shape index (κ1) is 25.0. The van der Waals surface area contributed by atoms with Gasteiger partial charge in [0.05, 0.1) is 5.56 Å². The smallest absolute Gasteiger partial charge is 0.315 e. The molecular weight excluding hydrogens is 456 g/mol. The number of carbonyl (C=O) groups excluding carboxylic acids is 3. The summed E-state index contributed by atoms with van der Waals surface area (Å²) in [5.74, 6) is -1.26. The fraction of sp³-hybridized carbons (Fsp3) is 0.348. The molecule has 11 heteroatoms. The third-order valence-electron chi connectivity index (χ3n) is 5.09. The SMILES string of the molecule is CC(C)CN(CC(=O)N1CC(=O)N(c2ccc(F)cc2)C1)C(=O)Nc1ccc(C(F)(F)F)cc1. The van der Waals surface area contributed by atoms with E-state index < -0.39 is 29.5 Å². The molecule has 2 aromatic carbocycles. The van der Waals surface area contributed by atoms with Gasteiger partial charge in [-0.15, -0.1) is 0 Å². The molecule has 1 saturated heterocycles. The van der Waals surface area contributed by atoms with Gasteiger partial charge in [-0.2, -0.15) is 13.2 Å². The topological polar surface area (TPSA) is 73.0 Å². The van der Waals surface area contributed by atoms with Gasteiger partial charge in [-0.3, -0.25) is 14.5 Å². The summed E-state index contributed by atoms with van der Waals surface area (Å²) in [6, 6.07) is 8.62. The van der Waals surface area contributed by atoms with Crippen molar-refractivity contribution in [3.05, 3.63) is 59.9 Å². The Balaban J connectivity index is 1.66. The van der Waals surface area contributed by atoms with Crippen LogP contribution in [0.2, 0.25) is 0 Å². The van der Waals surface area contributed by atoms with Crippen LogP contribution in [0.1, 0.15) is 19.4 Å². The maximum atomic E-state index is 13.2. The maximum absolute atomic E-state index is 13.2. The van der Waals surface area contributed by atoms with E-state index in [1.165, 1.54) is 39.0 Å². The number of anilines is 2. The Kier molecular flexibility index (Phi) is 7.43. The zero-order valence-electron chi connectivity index (χ0n) is 18.6. The highest BCUT2D eigenvalue weighted by Crippen LogP contribution is 2.30. The van der Waals surface area contributed by atoms with Gasteiger partial charge in [-0.25, -0.2) is 9.18 Å². The van der Waals surface area contributed by atoms with E-state index in [1.54, 1.807) is 0 Å². The van der Waals surface area contributed by atoms with Crippen molar-refractivity contribution in [3.8, 4) is 0 Å². The van der Waals surface area contributed by atoms with Crippen molar-refractivity contribution < 1.29 is 31.9 Å². The van der Waals surface area contributed by atoms with Crippen LogP contribution in [0.3, 0.4) is 0 Å². The number of benzene rings is 2. The fourth-order valence-corrected chi connectivity index (χ4v) is 3.43. The van der Waals surface area contributed by atoms with E-state index in [0.717, 1.165) is 24.3 Å². The van der Waals surface area contributed by atoms with E-state index in [9.17, 15) is 31.9 Å². The van der Waals surface area contributed by atoms with Crippen LogP contribution in [0.25, 0.3) is 0 Å². The summed E-state index contributed by atoms with van der Waals surface area (Å²) in [4.78, 5) is 41.9. The maximum Gasteiger partial charge on any atom is 0.416 e. The largest absolute Gasteiger partial charge is 0.416 e. The van der Waals surface area contributed by atoms with Gasteiger partial charge in [-0.05, 0) is 54.4 Å². The lowest BCUT2D eigenvalue weighted by molar-refractivity contribution is -0.137. The molecule has 4 amide bonds. The molecule has 7 nitrogen and oxygen atoms in total. The van der Waals surface area contributed by atoms with E-state index in [1.807, 2.05) is 13.8 Å². The van der Waals surface area contributed by atoms with Crippen LogP contribution in [-0.2, 0) is 15.8 Å². The minimum absolute atomic E-state index is 0.00193. The molecule has 1 aliphatic rings. The number of carbonyl (C=O) groups is 3. The Hall–Kier alpha value is -3.63. The Morgan fingerprint density at radius 2 is 1.68 bits per heavy atom. The summed E-state index contributed by atoms with van der Waals surface area (Å²) < 4.78 is 51.4. The Bertz CT molecular complexity index is 1040. The average molecular weight is 480 g/mol. The number of nitrogens with one attached hydrogen (secondary N) is 1. The number of hydrogen-bond donors (Lipinski definition) is 1. The second-order valence-corrected chi connectivity index (χ2v) is 8.31. The van der Waals surface area contributed by atoms with Crippen LogP contribution in [0.15, 0.2) is 48.5 Å². The van der Waals surface area contributed by atoms with Gasteiger partial charge in [-0.1, -0.05) is 13.8 Å². The highest BCUT2D eigenvalue weighted by Gasteiger charge is 2.33. The standard InChI is InChI=1S/C23H24F4N4O3/c1-15(2)11-29(22(34)28-18-7-3-16(4-8-18)23(25,26)27)12-20(32)30-13-21(33)31(14-30)19-9-5-17(24)6-10-19/h3-10,15H,11-14H2,1-2H3,(H,28,34). The summed E-state index contributed by atoms with van der Waals surface area (Å²) in [7, 11) is 0. The van der Waals surface area contributed by atoms with Crippen LogP contribution in [0.4, 0.5) is 33.7 Å². The molecular formula is C23H24F4N4O3. The first-order valence-corrected chi connectivity index (χ1v) is 10.5. The number of amides is 4. The van der Waals surface area contributed by atoms with Gasteiger partial charge in [0.15, 0.2) is 0 Å². The van der Waals surface area contributed by atoms with Crippen molar-refractivity contribution >= 4 is 29.2 Å². The molecule has 182 valence electrons. The lowest BCUT2D eigenvalue weighted by atomic mass is 10.2. The lowest BCUT2D eigenvalue weighted by Gasteiger charge is -2.26. The zero-order chi connectivity index (χ0) is 25.0. The molecule has 2 aromatic rings. The van der Waals surface area contributed by atoms with Crippen LogP contribution in [-0.4, -0.2) is 53.9 Å². The quantitative estimate of drug-likeness (QED) is 0.631. The van der Waals surface area contributed by atoms with Crippen molar-refractivity contribution in [2.75, 3.05) is 36.5 Å². The van der Waals surface area contributed by atoms with E-state index in [4.69, 9.17) is 0 Å². The third-order valence-corrected chi connectivity index (χ3v) is 5.09. The van der Waals surface area contributed by atoms with Crippen molar-refractivity contribution in [3.63, 3.8) is 0 Å². The summed E-state index contributed by atoms with van der Waals surface area (Å²) in [5.41, 5.74) is -0.247. The molecule has 0 saturated carbocycles. The van der Waals surface area contributed by atoms with Gasteiger partial charge in [0.2, 0.25) is 11.8 Å². The number of hydrogen-bond acceptors (Lipinski definition) is 3. The first-order chi connectivity index (χ1) is 15.9. The number of rotatable bonds is 6. The molecule has 0 bridgehead atoms. The second-order valence-electron chi connectivity index (χ2n) is 8.31. The third kappa shape index (κ3) is 6.24. The summed E-state index contributed by atoms with van der Waals surface area (Å²) in [5, 5.41) is 2.51. The Labute approximate surface area is 193 Å². The molecule has 1 aliphatic heterocycles. The summed E-state index contributed by atoms with van der Waals surface area (Å²) in [6.45, 7) is 3.35. The van der Waals surface area contributed by atoms with Gasteiger partial charge >= 0.3 is 12.2 Å². The first-order valence-electron chi connectivity index (χ1n) is 10.5. The minimum Gasteiger partial charge on any atom is -0.315 e. The molecule has 0 unspecified atom stereocenters. The molecule has 1 fully saturated rings. The molecule has 1 heterocycles. The highest BCUT2D eigenvalue weighted by molar-refractivity contribution is 6.01. The highest BCUT2D eigenvalue weighted by atomic mass is 19.4. The van der Waals surface area contributed by atoms with E-state index in [2.05, 4.69) is 5.32 Å². The number of urea groups is 1. The predicted molar refractivity (Wildman–Crippen MR) is 117 cm³/mol. The van der Waals surface area contributed by atoms with Crippen LogP contribution < -0.4 is 10.2 Å². The molecule has 0 spiro atoms.